The standard InChI is InChI=1S/C45H53F2N11O7/c1-48-45(64)55-18-12-34-32(25-55)41(56-15-4-5-26-21-30(27-23-50-53(2)24-27)31(40(46)47)22-36(26)56)52-58(34)28-10-16-54(17-11-28)38(60)13-19-65-20-14-49-33-7-3-6-29-39(33)44(63)57(43(29)62)35-8-9-37(59)51-42(35)61/h3,6-7,21-24,28,35,40,43,49,62H,4-5,8-20,25H2,1-2H3,(H,48,64)(H,51,59,61). The lowest BCUT2D eigenvalue weighted by Crippen LogP contribution is -2.53. The lowest BCUT2D eigenvalue weighted by molar-refractivity contribution is -0.139. The number of urea groups is 1. The number of aryl methyl sites for hydroxylation is 2. The van der Waals surface area contributed by atoms with E-state index in [4.69, 9.17) is 9.84 Å². The number of hydrogen-bond acceptors (Lipinski definition) is 11. The van der Waals surface area contributed by atoms with Crippen LogP contribution in [0.1, 0.15) is 95.5 Å². The minimum atomic E-state index is -2.71. The molecule has 7 heterocycles. The number of nitrogens with one attached hydrogen (secondary N) is 3. The van der Waals surface area contributed by atoms with Crippen LogP contribution in [0, 0.1) is 0 Å². The number of fused-ring (bicyclic) bond motifs is 3. The van der Waals surface area contributed by atoms with E-state index in [0.717, 1.165) is 34.6 Å². The van der Waals surface area contributed by atoms with Gasteiger partial charge in [-0.15, -0.1) is 0 Å². The number of hydrogen-bond donors (Lipinski definition) is 4. The number of ether oxygens (including phenoxy) is 1. The van der Waals surface area contributed by atoms with Gasteiger partial charge in [0.15, 0.2) is 12.0 Å². The molecule has 5 aliphatic heterocycles. The van der Waals surface area contributed by atoms with Gasteiger partial charge in [0.2, 0.25) is 17.7 Å². The van der Waals surface area contributed by atoms with Crippen LogP contribution in [0.5, 0.6) is 0 Å². The van der Waals surface area contributed by atoms with E-state index in [2.05, 4.69) is 25.7 Å². The quantitative estimate of drug-likeness (QED) is 0.119. The van der Waals surface area contributed by atoms with Crippen LogP contribution >= 0.6 is 0 Å². The third-order valence-electron chi connectivity index (χ3n) is 13.3. The van der Waals surface area contributed by atoms with Crippen LogP contribution in [0.4, 0.5) is 30.8 Å². The van der Waals surface area contributed by atoms with E-state index in [9.17, 15) is 37.9 Å². The Morgan fingerprint density at radius 1 is 1.02 bits per heavy atom. The van der Waals surface area contributed by atoms with Crippen LogP contribution in [-0.4, -0.2) is 128 Å². The molecule has 9 rings (SSSR count). The molecule has 2 atom stereocenters. The Labute approximate surface area is 373 Å². The van der Waals surface area contributed by atoms with Crippen molar-refractivity contribution < 1.29 is 42.6 Å². The number of rotatable bonds is 12. The number of carbonyl (C=O) groups excluding carboxylic acids is 5. The Kier molecular flexibility index (Phi) is 12.3. The molecule has 2 saturated heterocycles. The Balaban J connectivity index is 0.820. The molecule has 0 bridgehead atoms. The summed E-state index contributed by atoms with van der Waals surface area (Å²) in [4.78, 5) is 70.6. The van der Waals surface area contributed by atoms with Gasteiger partial charge in [0.05, 0.1) is 44.0 Å². The maximum absolute atomic E-state index is 14.7. The number of aromatic nitrogens is 4. The molecule has 2 fully saturated rings. The number of aliphatic hydroxyl groups is 1. The first-order valence-corrected chi connectivity index (χ1v) is 22.3. The van der Waals surface area contributed by atoms with Gasteiger partial charge in [0.1, 0.15) is 6.04 Å². The number of carbonyl (C=O) groups is 5. The van der Waals surface area contributed by atoms with Crippen molar-refractivity contribution in [2.24, 2.45) is 7.05 Å². The van der Waals surface area contributed by atoms with E-state index in [1.54, 1.807) is 60.3 Å². The molecule has 0 radical (unpaired) electrons. The van der Waals surface area contributed by atoms with Crippen molar-refractivity contribution in [2.45, 2.75) is 82.6 Å². The number of nitrogens with zero attached hydrogens (tertiary/aromatic N) is 8. The maximum atomic E-state index is 14.7. The van der Waals surface area contributed by atoms with Gasteiger partial charge in [-0.2, -0.15) is 10.2 Å². The van der Waals surface area contributed by atoms with Gasteiger partial charge >= 0.3 is 6.03 Å². The SMILES string of the molecule is CNC(=O)N1CCc2c(c(N3CCCc4cc(-c5cnn(C)c5)c(C(F)F)cc43)nn2C2CCN(C(=O)CCOCCNc3cccc4c3C(=O)N(C3CCC(=O)NC3=O)C4O)CC2)C1. The molecule has 344 valence electrons. The summed E-state index contributed by atoms with van der Waals surface area (Å²) in [5.74, 6) is -0.886. The summed E-state index contributed by atoms with van der Waals surface area (Å²) in [6.07, 6.45) is 3.13. The molecule has 0 aliphatic carbocycles. The fourth-order valence-corrected chi connectivity index (χ4v) is 10.00. The number of benzene rings is 2. The summed E-state index contributed by atoms with van der Waals surface area (Å²) < 4.78 is 38.9. The average molecular weight is 898 g/mol. The summed E-state index contributed by atoms with van der Waals surface area (Å²) >= 11 is 0. The van der Waals surface area contributed by atoms with E-state index in [-0.39, 0.29) is 61.6 Å². The van der Waals surface area contributed by atoms with Crippen molar-refractivity contribution >= 4 is 46.9 Å². The van der Waals surface area contributed by atoms with Crippen molar-refractivity contribution in [3.63, 3.8) is 0 Å². The molecule has 65 heavy (non-hydrogen) atoms. The van der Waals surface area contributed by atoms with Gasteiger partial charge in [-0.3, -0.25) is 38.8 Å². The molecule has 0 saturated carbocycles. The molecule has 2 aromatic carbocycles. The normalized spacial score (nSPS) is 19.9. The average Bonchev–Trinajstić information content (AvgIpc) is 3.99. The molecular weight excluding hydrogens is 845 g/mol. The van der Waals surface area contributed by atoms with Crippen molar-refractivity contribution in [1.29, 1.82) is 0 Å². The minimum absolute atomic E-state index is 0.00667. The fourth-order valence-electron chi connectivity index (χ4n) is 10.00. The Morgan fingerprint density at radius 3 is 2.57 bits per heavy atom. The molecule has 20 heteroatoms. The molecule has 18 nitrogen and oxygen atoms in total. The van der Waals surface area contributed by atoms with Crippen LogP contribution in [0.25, 0.3) is 11.1 Å². The molecule has 6 amide bonds. The number of amides is 6. The summed E-state index contributed by atoms with van der Waals surface area (Å²) in [5, 5.41) is 28.6. The smallest absolute Gasteiger partial charge is 0.317 e. The highest BCUT2D eigenvalue weighted by Crippen LogP contribution is 2.44. The number of alkyl halides is 2. The van der Waals surface area contributed by atoms with Crippen LogP contribution in [0.3, 0.4) is 0 Å². The third kappa shape index (κ3) is 8.40. The van der Waals surface area contributed by atoms with Gasteiger partial charge in [0, 0.05) is 105 Å². The van der Waals surface area contributed by atoms with Gasteiger partial charge in [-0.05, 0) is 61.4 Å². The number of anilines is 3. The van der Waals surface area contributed by atoms with Crippen molar-refractivity contribution in [3.8, 4) is 11.1 Å². The maximum Gasteiger partial charge on any atom is 0.317 e. The molecule has 2 unspecified atom stereocenters. The largest absolute Gasteiger partial charge is 0.382 e. The zero-order chi connectivity index (χ0) is 45.5. The molecule has 4 aromatic rings. The second-order valence-electron chi connectivity index (χ2n) is 17.2. The van der Waals surface area contributed by atoms with Crippen LogP contribution in [-0.2, 0) is 45.6 Å². The number of piperidine rings is 2. The Morgan fingerprint density at radius 2 is 1.83 bits per heavy atom. The van der Waals surface area contributed by atoms with Crippen LogP contribution in [0.2, 0.25) is 0 Å². The second kappa shape index (κ2) is 18.2. The lowest BCUT2D eigenvalue weighted by Gasteiger charge is -2.34. The van der Waals surface area contributed by atoms with Crippen molar-refractivity contribution in [3.05, 3.63) is 76.2 Å². The predicted octanol–water partition coefficient (Wildman–Crippen LogP) is 3.94. The molecule has 4 N–H and O–H groups in total. The van der Waals surface area contributed by atoms with Crippen LogP contribution < -0.4 is 20.9 Å². The lowest BCUT2D eigenvalue weighted by atomic mass is 9.92. The van der Waals surface area contributed by atoms with Gasteiger partial charge in [-0.1, -0.05) is 12.1 Å². The van der Waals surface area contributed by atoms with Crippen LogP contribution in [0.15, 0.2) is 42.7 Å². The van der Waals surface area contributed by atoms with E-state index in [1.165, 1.54) is 0 Å². The first-order valence-electron chi connectivity index (χ1n) is 22.3. The minimum Gasteiger partial charge on any atom is -0.382 e. The summed E-state index contributed by atoms with van der Waals surface area (Å²) in [5.41, 5.74) is 5.71. The number of likely N-dealkylation sites (tertiary alicyclic amines) is 1. The summed E-state index contributed by atoms with van der Waals surface area (Å²) in [6.45, 7) is 3.22. The van der Waals surface area contributed by atoms with Crippen molar-refractivity contribution in [1.82, 2.24) is 44.9 Å². The topological polar surface area (TPSA) is 200 Å². The zero-order valence-corrected chi connectivity index (χ0v) is 36.4. The third-order valence-corrected chi connectivity index (χ3v) is 13.3. The molecular formula is C45H53F2N11O7. The number of imide groups is 1. The first kappa shape index (κ1) is 43.8. The monoisotopic (exact) mass is 897 g/mol. The summed E-state index contributed by atoms with van der Waals surface area (Å²) in [7, 11) is 3.36. The number of aliphatic hydroxyl groups excluding tert-OH is 1. The second-order valence-corrected chi connectivity index (χ2v) is 17.2. The van der Waals surface area contributed by atoms with Crippen molar-refractivity contribution in [2.75, 3.05) is 63.2 Å². The highest BCUT2D eigenvalue weighted by atomic mass is 19.3. The fraction of sp³-hybridized carbons (Fsp3) is 0.489. The Bertz CT molecular complexity index is 2520. The Hall–Kier alpha value is -6.41. The zero-order valence-electron chi connectivity index (χ0n) is 36.4. The highest BCUT2D eigenvalue weighted by molar-refractivity contribution is 6.08. The van der Waals surface area contributed by atoms with Gasteiger partial charge in [0.25, 0.3) is 12.3 Å². The molecule has 5 aliphatic rings. The molecule has 2 aromatic heterocycles. The first-order chi connectivity index (χ1) is 31.4. The highest BCUT2D eigenvalue weighted by Gasteiger charge is 2.45. The van der Waals surface area contributed by atoms with E-state index < -0.39 is 36.4 Å². The van der Waals surface area contributed by atoms with E-state index >= 15 is 0 Å². The molecule has 0 spiro atoms. The van der Waals surface area contributed by atoms with E-state index in [1.807, 2.05) is 15.9 Å². The number of halogens is 2. The van der Waals surface area contributed by atoms with E-state index in [0.29, 0.717) is 92.4 Å². The predicted molar refractivity (Wildman–Crippen MR) is 232 cm³/mol. The van der Waals surface area contributed by atoms with Gasteiger partial charge in [-0.25, -0.2) is 13.6 Å². The summed E-state index contributed by atoms with van der Waals surface area (Å²) in [6, 6.07) is 7.34. The van der Waals surface area contributed by atoms with Gasteiger partial charge < -0.3 is 35.2 Å².